The molecule has 0 aliphatic rings. The molecule has 0 fully saturated rings. The molecule has 6 rings (SSSR count). The molecule has 1 N–H and O–H groups in total. The summed E-state index contributed by atoms with van der Waals surface area (Å²) in [6.45, 7) is 0.292. The normalized spacial score (nSPS) is 11.6. The molecule has 0 aliphatic heterocycles. The number of fused-ring (bicyclic) bond motifs is 3. The zero-order valence-electron chi connectivity index (χ0n) is 19.9. The van der Waals surface area contributed by atoms with Gasteiger partial charge in [-0.3, -0.25) is 9.59 Å². The molecule has 3 aromatic heterocycles. The number of methoxy groups -OCH3 is 1. The summed E-state index contributed by atoms with van der Waals surface area (Å²) in [5.74, 6) is 0.729. The second-order valence-electron chi connectivity index (χ2n) is 8.64. The number of rotatable bonds is 5. The summed E-state index contributed by atoms with van der Waals surface area (Å²) in [6, 6.07) is 24.6. The standard InChI is InChI=1S/C29H21N5O3/c1-37-22-13-7-19(8-14-22)17-34-27-26(32-33-34)29(36)31-25-16-18(9-15-23(25)28(27)35)6-11-21-12-10-20-4-2-3-5-24(20)30-21/h2-16H,17H2,1H3,(H,31,36)/b11-6+. The number of para-hydroxylation sites is 1. The highest BCUT2D eigenvalue weighted by Crippen LogP contribution is 2.17. The summed E-state index contributed by atoms with van der Waals surface area (Å²) in [7, 11) is 1.60. The molecular formula is C29H21N5O3. The largest absolute Gasteiger partial charge is 0.497 e. The summed E-state index contributed by atoms with van der Waals surface area (Å²) >= 11 is 0. The second-order valence-corrected chi connectivity index (χ2v) is 8.64. The van der Waals surface area contributed by atoms with Crippen molar-refractivity contribution in [3.05, 3.63) is 116 Å². The number of pyridine rings is 1. The van der Waals surface area contributed by atoms with Crippen LogP contribution in [0.3, 0.4) is 0 Å². The van der Waals surface area contributed by atoms with E-state index in [1.165, 1.54) is 4.68 Å². The zero-order chi connectivity index (χ0) is 25.4. The minimum absolute atomic E-state index is 0.00664. The first-order valence-electron chi connectivity index (χ1n) is 11.7. The number of aromatic amines is 1. The minimum atomic E-state index is -0.472. The van der Waals surface area contributed by atoms with E-state index in [2.05, 4.69) is 20.3 Å². The summed E-state index contributed by atoms with van der Waals surface area (Å²) in [4.78, 5) is 34.0. The van der Waals surface area contributed by atoms with Crippen LogP contribution in [-0.2, 0) is 6.54 Å². The topological polar surface area (TPSA) is 103 Å². The van der Waals surface area contributed by atoms with Crippen LogP contribution in [0.5, 0.6) is 5.75 Å². The average molecular weight is 488 g/mol. The fourth-order valence-electron chi connectivity index (χ4n) is 4.34. The molecule has 0 saturated heterocycles. The average Bonchev–Trinajstić information content (AvgIpc) is 3.31. The van der Waals surface area contributed by atoms with Crippen LogP contribution in [0, 0.1) is 0 Å². The monoisotopic (exact) mass is 487 g/mol. The van der Waals surface area contributed by atoms with E-state index in [-0.39, 0.29) is 16.5 Å². The molecular weight excluding hydrogens is 466 g/mol. The molecule has 0 atom stereocenters. The summed E-state index contributed by atoms with van der Waals surface area (Å²) in [6.07, 6.45) is 3.80. The van der Waals surface area contributed by atoms with Crippen LogP contribution >= 0.6 is 0 Å². The van der Waals surface area contributed by atoms with Gasteiger partial charge in [-0.1, -0.05) is 53.8 Å². The smallest absolute Gasteiger partial charge is 0.278 e. The quantitative estimate of drug-likeness (QED) is 0.387. The van der Waals surface area contributed by atoms with Crippen molar-refractivity contribution in [3.63, 3.8) is 0 Å². The molecule has 37 heavy (non-hydrogen) atoms. The Balaban J connectivity index is 1.40. The van der Waals surface area contributed by atoms with Gasteiger partial charge >= 0.3 is 0 Å². The number of nitrogens with zero attached hydrogens (tertiary/aromatic N) is 4. The highest BCUT2D eigenvalue weighted by atomic mass is 16.5. The second kappa shape index (κ2) is 9.16. The maximum atomic E-state index is 13.5. The van der Waals surface area contributed by atoms with Gasteiger partial charge < -0.3 is 9.72 Å². The van der Waals surface area contributed by atoms with Gasteiger partial charge in [-0.15, -0.1) is 5.10 Å². The molecule has 0 aliphatic carbocycles. The van der Waals surface area contributed by atoms with Crippen molar-refractivity contribution in [2.24, 2.45) is 0 Å². The van der Waals surface area contributed by atoms with Crippen LogP contribution in [-0.4, -0.2) is 32.1 Å². The summed E-state index contributed by atoms with van der Waals surface area (Å²) < 4.78 is 6.67. The van der Waals surface area contributed by atoms with Crippen LogP contribution in [0.2, 0.25) is 0 Å². The predicted molar refractivity (Wildman–Crippen MR) is 145 cm³/mol. The lowest BCUT2D eigenvalue weighted by molar-refractivity contribution is 0.414. The SMILES string of the molecule is COc1ccc(Cn2nnc3c(=O)[nH]c4cc(/C=C/c5ccc6ccccc6n5)ccc4c(=O)c32)cc1. The van der Waals surface area contributed by atoms with Gasteiger partial charge in [-0.25, -0.2) is 9.67 Å². The van der Waals surface area contributed by atoms with E-state index in [9.17, 15) is 9.59 Å². The van der Waals surface area contributed by atoms with E-state index < -0.39 is 5.56 Å². The van der Waals surface area contributed by atoms with E-state index in [0.29, 0.717) is 17.4 Å². The van der Waals surface area contributed by atoms with Crippen molar-refractivity contribution in [2.75, 3.05) is 7.11 Å². The maximum absolute atomic E-state index is 13.5. The lowest BCUT2D eigenvalue weighted by Crippen LogP contribution is -2.10. The molecule has 3 heterocycles. The molecule has 8 heteroatoms. The Hall–Kier alpha value is -5.11. The van der Waals surface area contributed by atoms with Crippen molar-refractivity contribution in [1.29, 1.82) is 0 Å². The van der Waals surface area contributed by atoms with Crippen molar-refractivity contribution in [1.82, 2.24) is 25.0 Å². The van der Waals surface area contributed by atoms with Crippen molar-refractivity contribution in [2.45, 2.75) is 6.54 Å². The van der Waals surface area contributed by atoms with Crippen molar-refractivity contribution >= 4 is 45.0 Å². The summed E-state index contributed by atoms with van der Waals surface area (Å²) in [5, 5.41) is 9.56. The number of H-pyrrole nitrogens is 1. The third-order valence-corrected chi connectivity index (χ3v) is 6.26. The third-order valence-electron chi connectivity index (χ3n) is 6.26. The number of benzene rings is 3. The fraction of sp³-hybridized carbons (Fsp3) is 0.0690. The summed E-state index contributed by atoms with van der Waals surface area (Å²) in [5.41, 5.74) is 3.26. The molecule has 0 saturated carbocycles. The molecule has 0 amide bonds. The Bertz CT molecular complexity index is 1940. The Kier molecular flexibility index (Phi) is 5.54. The highest BCUT2D eigenvalue weighted by Gasteiger charge is 2.14. The van der Waals surface area contributed by atoms with Gasteiger partial charge in [0.1, 0.15) is 11.3 Å². The Morgan fingerprint density at radius 3 is 2.62 bits per heavy atom. The molecule has 8 nitrogen and oxygen atoms in total. The van der Waals surface area contributed by atoms with E-state index in [1.54, 1.807) is 19.2 Å². The molecule has 6 aromatic rings. The van der Waals surface area contributed by atoms with Gasteiger partial charge in [0, 0.05) is 10.8 Å². The van der Waals surface area contributed by atoms with Gasteiger partial charge in [0.05, 0.1) is 30.4 Å². The number of hydrogen-bond acceptors (Lipinski definition) is 6. The van der Waals surface area contributed by atoms with Crippen LogP contribution in [0.15, 0.2) is 88.5 Å². The van der Waals surface area contributed by atoms with Crippen LogP contribution in [0.25, 0.3) is 45.0 Å². The van der Waals surface area contributed by atoms with Crippen molar-refractivity contribution in [3.8, 4) is 5.75 Å². The first-order chi connectivity index (χ1) is 18.1. The van der Waals surface area contributed by atoms with Gasteiger partial charge in [0.15, 0.2) is 5.52 Å². The fourth-order valence-corrected chi connectivity index (χ4v) is 4.34. The Morgan fingerprint density at radius 1 is 0.946 bits per heavy atom. The Labute approximate surface area is 210 Å². The van der Waals surface area contributed by atoms with E-state index >= 15 is 0 Å². The van der Waals surface area contributed by atoms with Gasteiger partial charge in [0.2, 0.25) is 5.43 Å². The number of ether oxygens (including phenoxy) is 1. The van der Waals surface area contributed by atoms with E-state index in [4.69, 9.17) is 4.74 Å². The van der Waals surface area contributed by atoms with Gasteiger partial charge in [-0.05, 0) is 53.6 Å². The van der Waals surface area contributed by atoms with Crippen molar-refractivity contribution < 1.29 is 4.74 Å². The van der Waals surface area contributed by atoms with E-state index in [0.717, 1.165) is 33.5 Å². The van der Waals surface area contributed by atoms with Crippen LogP contribution in [0.1, 0.15) is 16.8 Å². The highest BCUT2D eigenvalue weighted by molar-refractivity contribution is 5.89. The minimum Gasteiger partial charge on any atom is -0.497 e. The number of nitrogens with one attached hydrogen (secondary N) is 1. The van der Waals surface area contributed by atoms with E-state index in [1.807, 2.05) is 78.9 Å². The molecule has 0 spiro atoms. The van der Waals surface area contributed by atoms with Gasteiger partial charge in [0.25, 0.3) is 5.56 Å². The van der Waals surface area contributed by atoms with Gasteiger partial charge in [-0.2, -0.15) is 0 Å². The Morgan fingerprint density at radius 2 is 1.78 bits per heavy atom. The lowest BCUT2D eigenvalue weighted by atomic mass is 10.1. The maximum Gasteiger partial charge on any atom is 0.278 e. The first-order valence-corrected chi connectivity index (χ1v) is 11.7. The molecule has 180 valence electrons. The molecule has 0 unspecified atom stereocenters. The lowest BCUT2D eigenvalue weighted by Gasteiger charge is -2.04. The predicted octanol–water partition coefficient (Wildman–Crippen LogP) is 4.41. The first kappa shape index (κ1) is 22.4. The zero-order valence-corrected chi connectivity index (χ0v) is 19.9. The molecule has 3 aromatic carbocycles. The number of aromatic nitrogens is 5. The molecule has 0 bridgehead atoms. The van der Waals surface area contributed by atoms with Crippen LogP contribution in [0.4, 0.5) is 0 Å². The number of hydrogen-bond donors (Lipinski definition) is 1. The third kappa shape index (κ3) is 4.25. The molecule has 0 radical (unpaired) electrons. The van der Waals surface area contributed by atoms with Crippen LogP contribution < -0.4 is 15.7 Å².